The zero-order chi connectivity index (χ0) is 19.5. The molecule has 1 aromatic carbocycles. The van der Waals surface area contributed by atoms with Gasteiger partial charge in [-0.15, -0.1) is 0 Å². The maximum absolute atomic E-state index is 13.1. The molecule has 3 fully saturated rings. The van der Waals surface area contributed by atoms with E-state index in [-0.39, 0.29) is 5.92 Å². The quantitative estimate of drug-likeness (QED) is 0.764. The minimum atomic E-state index is 0.283. The largest absolute Gasteiger partial charge is 0.497 e. The summed E-state index contributed by atoms with van der Waals surface area (Å²) < 4.78 is 5.34. The Morgan fingerprint density at radius 3 is 2.36 bits per heavy atom. The summed E-state index contributed by atoms with van der Waals surface area (Å²) in [5.41, 5.74) is 1.36. The molecule has 4 nitrogen and oxygen atoms in total. The second-order valence-corrected chi connectivity index (χ2v) is 9.35. The fourth-order valence-corrected chi connectivity index (χ4v) is 5.47. The van der Waals surface area contributed by atoms with Crippen LogP contribution in [0.2, 0.25) is 0 Å². The summed E-state index contributed by atoms with van der Waals surface area (Å²) in [6.07, 6.45) is 7.26. The Labute approximate surface area is 170 Å². The fraction of sp³-hybridized carbons (Fsp3) is 0.708. The molecular weight excluding hydrogens is 348 g/mol. The molecule has 154 valence electrons. The van der Waals surface area contributed by atoms with Crippen LogP contribution in [-0.4, -0.2) is 55.5 Å². The van der Waals surface area contributed by atoms with Gasteiger partial charge in [0.15, 0.2) is 0 Å². The Hall–Kier alpha value is -1.55. The number of hydrogen-bond acceptors (Lipinski definition) is 3. The van der Waals surface area contributed by atoms with Crippen molar-refractivity contribution in [3.8, 4) is 5.75 Å². The average molecular weight is 385 g/mol. The predicted molar refractivity (Wildman–Crippen MR) is 113 cm³/mol. The summed E-state index contributed by atoms with van der Waals surface area (Å²) in [5, 5.41) is 0. The number of nitrogens with zero attached hydrogens (tertiary/aromatic N) is 2. The number of ether oxygens (including phenoxy) is 1. The van der Waals surface area contributed by atoms with E-state index in [1.807, 2.05) is 0 Å². The molecule has 1 saturated carbocycles. The van der Waals surface area contributed by atoms with Gasteiger partial charge in [0.05, 0.1) is 7.11 Å². The molecule has 4 heteroatoms. The van der Waals surface area contributed by atoms with Crippen molar-refractivity contribution in [1.82, 2.24) is 9.80 Å². The van der Waals surface area contributed by atoms with Crippen LogP contribution >= 0.6 is 0 Å². The molecular formula is C24H36N2O2. The molecule has 0 bridgehead atoms. The summed E-state index contributed by atoms with van der Waals surface area (Å²) in [6, 6.07) is 8.55. The van der Waals surface area contributed by atoms with Crippen LogP contribution in [-0.2, 0) is 4.79 Å². The lowest BCUT2D eigenvalue weighted by Crippen LogP contribution is -2.39. The highest BCUT2D eigenvalue weighted by Gasteiger charge is 2.39. The first-order chi connectivity index (χ1) is 13.6. The molecule has 1 amide bonds. The first-order valence-electron chi connectivity index (χ1n) is 11.3. The van der Waals surface area contributed by atoms with Crippen LogP contribution < -0.4 is 4.74 Å². The number of methoxy groups -OCH3 is 1. The summed E-state index contributed by atoms with van der Waals surface area (Å²) in [4.78, 5) is 17.9. The Balaban J connectivity index is 1.48. The number of amides is 1. The fourth-order valence-electron chi connectivity index (χ4n) is 5.47. The third-order valence-corrected chi connectivity index (χ3v) is 7.37. The molecule has 2 saturated heterocycles. The maximum Gasteiger partial charge on any atom is 0.225 e. The molecule has 1 aromatic rings. The van der Waals surface area contributed by atoms with Crippen molar-refractivity contribution in [1.29, 1.82) is 0 Å². The zero-order valence-corrected chi connectivity index (χ0v) is 17.6. The topological polar surface area (TPSA) is 32.8 Å². The number of hydrogen-bond donors (Lipinski definition) is 0. The van der Waals surface area contributed by atoms with Crippen LogP contribution in [0.15, 0.2) is 24.3 Å². The van der Waals surface area contributed by atoms with Crippen molar-refractivity contribution < 1.29 is 9.53 Å². The molecule has 0 N–H and O–H groups in total. The van der Waals surface area contributed by atoms with Gasteiger partial charge < -0.3 is 14.5 Å². The van der Waals surface area contributed by atoms with Crippen molar-refractivity contribution >= 4 is 5.91 Å². The van der Waals surface area contributed by atoms with Gasteiger partial charge in [-0.1, -0.05) is 31.9 Å². The van der Waals surface area contributed by atoms with E-state index in [0.717, 1.165) is 44.1 Å². The summed E-state index contributed by atoms with van der Waals surface area (Å²) in [6.45, 7) is 7.73. The van der Waals surface area contributed by atoms with Crippen LogP contribution in [0.4, 0.5) is 0 Å². The molecule has 2 atom stereocenters. The molecule has 0 unspecified atom stereocenters. The third kappa shape index (κ3) is 4.37. The molecule has 0 radical (unpaired) electrons. The number of likely N-dealkylation sites (tertiary alicyclic amines) is 2. The molecule has 4 rings (SSSR count). The molecule has 3 aliphatic rings. The second kappa shape index (κ2) is 8.86. The second-order valence-electron chi connectivity index (χ2n) is 9.35. The standard InChI is InChI=1S/C24H36N2O2/c1-18-11-13-25(14-12-18)15-21-16-26(24(27)20-5-3-4-6-20)17-23(21)19-7-9-22(28-2)10-8-19/h7-10,18,20-21,23H,3-6,11-17H2,1-2H3/t21-,23+/m1/s1. The van der Waals surface area contributed by atoms with Crippen LogP contribution in [0.3, 0.4) is 0 Å². The maximum atomic E-state index is 13.1. The lowest BCUT2D eigenvalue weighted by atomic mass is 9.87. The molecule has 1 aliphatic carbocycles. The van der Waals surface area contributed by atoms with Crippen molar-refractivity contribution in [2.45, 2.75) is 51.4 Å². The van der Waals surface area contributed by atoms with Gasteiger partial charge >= 0.3 is 0 Å². The first-order valence-corrected chi connectivity index (χ1v) is 11.3. The predicted octanol–water partition coefficient (Wildman–Crippen LogP) is 4.16. The van der Waals surface area contributed by atoms with E-state index in [4.69, 9.17) is 4.74 Å². The van der Waals surface area contributed by atoms with E-state index in [1.54, 1.807) is 7.11 Å². The molecule has 28 heavy (non-hydrogen) atoms. The zero-order valence-electron chi connectivity index (χ0n) is 17.6. The van der Waals surface area contributed by atoms with Crippen molar-refractivity contribution in [3.63, 3.8) is 0 Å². The molecule has 0 aromatic heterocycles. The smallest absolute Gasteiger partial charge is 0.225 e. The van der Waals surface area contributed by atoms with Crippen molar-refractivity contribution in [2.75, 3.05) is 39.8 Å². The van der Waals surface area contributed by atoms with Crippen LogP contribution in [0.1, 0.15) is 56.9 Å². The number of rotatable bonds is 5. The minimum absolute atomic E-state index is 0.283. The summed E-state index contributed by atoms with van der Waals surface area (Å²) in [7, 11) is 1.72. The van der Waals surface area contributed by atoms with Crippen LogP contribution in [0.5, 0.6) is 5.75 Å². The van der Waals surface area contributed by atoms with E-state index < -0.39 is 0 Å². The van der Waals surface area contributed by atoms with Gasteiger partial charge in [0.2, 0.25) is 5.91 Å². The molecule has 0 spiro atoms. The van der Waals surface area contributed by atoms with Gasteiger partial charge in [-0.2, -0.15) is 0 Å². The van der Waals surface area contributed by atoms with Crippen LogP contribution in [0, 0.1) is 17.8 Å². The molecule has 2 aliphatic heterocycles. The monoisotopic (exact) mass is 384 g/mol. The summed E-state index contributed by atoms with van der Waals surface area (Å²) >= 11 is 0. The van der Waals surface area contributed by atoms with Crippen LogP contribution in [0.25, 0.3) is 0 Å². The van der Waals surface area contributed by atoms with Gasteiger partial charge in [0.25, 0.3) is 0 Å². The average Bonchev–Trinajstić information content (AvgIpc) is 3.40. The van der Waals surface area contributed by atoms with Gasteiger partial charge in [0, 0.05) is 31.5 Å². The highest BCUT2D eigenvalue weighted by atomic mass is 16.5. The van der Waals surface area contributed by atoms with E-state index in [2.05, 4.69) is 41.0 Å². The van der Waals surface area contributed by atoms with E-state index in [1.165, 1.54) is 44.3 Å². The third-order valence-electron chi connectivity index (χ3n) is 7.37. The Morgan fingerprint density at radius 1 is 1.04 bits per heavy atom. The highest BCUT2D eigenvalue weighted by molar-refractivity contribution is 5.79. The first kappa shape index (κ1) is 19.8. The van der Waals surface area contributed by atoms with E-state index >= 15 is 0 Å². The number of carbonyl (C=O) groups excluding carboxylic acids is 1. The lowest BCUT2D eigenvalue weighted by molar-refractivity contribution is -0.134. The van der Waals surface area contributed by atoms with Crippen molar-refractivity contribution in [2.24, 2.45) is 17.8 Å². The van der Waals surface area contributed by atoms with Gasteiger partial charge in [-0.05, 0) is 68.3 Å². The van der Waals surface area contributed by atoms with E-state index in [0.29, 0.717) is 17.7 Å². The Morgan fingerprint density at radius 2 is 1.71 bits per heavy atom. The number of piperidine rings is 1. The van der Waals surface area contributed by atoms with Gasteiger partial charge in [-0.3, -0.25) is 4.79 Å². The normalized spacial score (nSPS) is 27.4. The molecule has 2 heterocycles. The Kier molecular flexibility index (Phi) is 6.25. The number of carbonyl (C=O) groups is 1. The highest BCUT2D eigenvalue weighted by Crippen LogP contribution is 2.37. The minimum Gasteiger partial charge on any atom is -0.497 e. The Bertz CT molecular complexity index is 645. The summed E-state index contributed by atoms with van der Waals surface area (Å²) in [5.74, 6) is 3.44. The lowest BCUT2D eigenvalue weighted by Gasteiger charge is -2.33. The number of benzene rings is 1. The van der Waals surface area contributed by atoms with Gasteiger partial charge in [0.1, 0.15) is 5.75 Å². The van der Waals surface area contributed by atoms with Gasteiger partial charge in [-0.25, -0.2) is 0 Å². The van der Waals surface area contributed by atoms with E-state index in [9.17, 15) is 4.79 Å². The van der Waals surface area contributed by atoms with Crippen molar-refractivity contribution in [3.05, 3.63) is 29.8 Å². The SMILES string of the molecule is COc1ccc([C@@H]2CN(C(=O)C3CCCC3)C[C@H]2CN2CCC(C)CC2)cc1.